The summed E-state index contributed by atoms with van der Waals surface area (Å²) in [6, 6.07) is 3.45. The number of benzene rings is 1. The Labute approximate surface area is 105 Å². The Bertz CT molecular complexity index is 356. The third-order valence-electron chi connectivity index (χ3n) is 2.08. The minimum absolute atomic E-state index is 0.382. The first-order valence-electron chi connectivity index (χ1n) is 4.95. The normalized spacial score (nSPS) is 12.6. The van der Waals surface area contributed by atoms with E-state index >= 15 is 0 Å². The van der Waals surface area contributed by atoms with Crippen LogP contribution in [0.5, 0.6) is 5.75 Å². The minimum Gasteiger partial charge on any atom is -0.495 e. The fourth-order valence-electron chi connectivity index (χ4n) is 1.28. The zero-order valence-corrected chi connectivity index (χ0v) is 10.8. The Kier molecular flexibility index (Phi) is 5.35. The van der Waals surface area contributed by atoms with Crippen LogP contribution in [-0.2, 0) is 6.54 Å². The lowest BCUT2D eigenvalue weighted by molar-refractivity contribution is 0.191. The quantitative estimate of drug-likeness (QED) is 0.858. The van der Waals surface area contributed by atoms with Crippen LogP contribution in [0.25, 0.3) is 0 Å². The standard InChI is InChI=1S/C11H15Cl2NO2/c1-7(15)5-14-6-8-3-10(13)11(16-2)4-9(8)12/h3-4,7,14-15H,5-6H2,1-2H3/t7-/m0/s1. The molecule has 0 amide bonds. The van der Waals surface area contributed by atoms with E-state index in [0.717, 1.165) is 5.56 Å². The van der Waals surface area contributed by atoms with E-state index in [0.29, 0.717) is 28.9 Å². The first-order valence-corrected chi connectivity index (χ1v) is 5.71. The van der Waals surface area contributed by atoms with Gasteiger partial charge in [0, 0.05) is 24.2 Å². The SMILES string of the molecule is COc1cc(Cl)c(CNC[C@H](C)O)cc1Cl. The molecule has 0 spiro atoms. The van der Waals surface area contributed by atoms with Gasteiger partial charge in [-0.1, -0.05) is 23.2 Å². The lowest BCUT2D eigenvalue weighted by Crippen LogP contribution is -2.23. The highest BCUT2D eigenvalue weighted by atomic mass is 35.5. The van der Waals surface area contributed by atoms with E-state index in [9.17, 15) is 0 Å². The fraction of sp³-hybridized carbons (Fsp3) is 0.455. The molecule has 0 bridgehead atoms. The predicted molar refractivity (Wildman–Crippen MR) is 66.4 cm³/mol. The van der Waals surface area contributed by atoms with E-state index in [1.165, 1.54) is 0 Å². The van der Waals surface area contributed by atoms with E-state index in [4.69, 9.17) is 33.0 Å². The number of hydrogen-bond donors (Lipinski definition) is 2. The summed E-state index contributed by atoms with van der Waals surface area (Å²) in [6.45, 7) is 2.79. The number of methoxy groups -OCH3 is 1. The van der Waals surface area contributed by atoms with Gasteiger partial charge in [-0.25, -0.2) is 0 Å². The maximum atomic E-state index is 9.09. The smallest absolute Gasteiger partial charge is 0.138 e. The summed E-state index contributed by atoms with van der Waals surface area (Å²) < 4.78 is 5.05. The molecule has 0 aromatic heterocycles. The van der Waals surface area contributed by atoms with Crippen molar-refractivity contribution in [3.05, 3.63) is 27.7 Å². The van der Waals surface area contributed by atoms with Crippen molar-refractivity contribution in [3.8, 4) is 5.75 Å². The number of rotatable bonds is 5. The Morgan fingerprint density at radius 1 is 1.38 bits per heavy atom. The second-order valence-electron chi connectivity index (χ2n) is 3.56. The molecule has 2 N–H and O–H groups in total. The Morgan fingerprint density at radius 3 is 2.62 bits per heavy atom. The van der Waals surface area contributed by atoms with Crippen molar-refractivity contribution in [1.82, 2.24) is 5.32 Å². The van der Waals surface area contributed by atoms with Gasteiger partial charge in [0.1, 0.15) is 5.75 Å². The van der Waals surface area contributed by atoms with Gasteiger partial charge in [-0.05, 0) is 18.6 Å². The molecule has 0 aliphatic carbocycles. The molecule has 1 atom stereocenters. The average molecular weight is 264 g/mol. The van der Waals surface area contributed by atoms with Crippen LogP contribution in [0, 0.1) is 0 Å². The van der Waals surface area contributed by atoms with Crippen LogP contribution in [0.1, 0.15) is 12.5 Å². The van der Waals surface area contributed by atoms with Gasteiger partial charge in [0.2, 0.25) is 0 Å². The molecular formula is C11H15Cl2NO2. The molecule has 3 nitrogen and oxygen atoms in total. The van der Waals surface area contributed by atoms with Crippen molar-refractivity contribution in [2.75, 3.05) is 13.7 Å². The second kappa shape index (κ2) is 6.30. The van der Waals surface area contributed by atoms with E-state index in [2.05, 4.69) is 5.32 Å². The van der Waals surface area contributed by atoms with Gasteiger partial charge in [-0.2, -0.15) is 0 Å². The maximum absolute atomic E-state index is 9.09. The van der Waals surface area contributed by atoms with Gasteiger partial charge in [-0.15, -0.1) is 0 Å². The summed E-state index contributed by atoms with van der Waals surface area (Å²) in [7, 11) is 1.54. The molecule has 90 valence electrons. The van der Waals surface area contributed by atoms with Gasteiger partial charge in [-0.3, -0.25) is 0 Å². The van der Waals surface area contributed by atoms with Gasteiger partial charge in [0.15, 0.2) is 0 Å². The zero-order valence-electron chi connectivity index (χ0n) is 9.26. The van der Waals surface area contributed by atoms with Crippen LogP contribution in [-0.4, -0.2) is 24.9 Å². The molecule has 0 aliphatic rings. The molecule has 1 rings (SSSR count). The summed E-state index contributed by atoms with van der Waals surface area (Å²) >= 11 is 12.0. The third-order valence-corrected chi connectivity index (χ3v) is 2.72. The molecule has 0 fully saturated rings. The van der Waals surface area contributed by atoms with Crippen LogP contribution in [0.3, 0.4) is 0 Å². The van der Waals surface area contributed by atoms with E-state index in [1.807, 2.05) is 0 Å². The van der Waals surface area contributed by atoms with Gasteiger partial charge >= 0.3 is 0 Å². The molecule has 1 aromatic carbocycles. The Hall–Kier alpha value is -0.480. The van der Waals surface area contributed by atoms with Crippen LogP contribution < -0.4 is 10.1 Å². The average Bonchev–Trinajstić information content (AvgIpc) is 2.22. The molecule has 5 heteroatoms. The van der Waals surface area contributed by atoms with Crippen LogP contribution in [0.2, 0.25) is 10.0 Å². The van der Waals surface area contributed by atoms with Gasteiger partial charge in [0.05, 0.1) is 18.2 Å². The third kappa shape index (κ3) is 3.83. The fourth-order valence-corrected chi connectivity index (χ4v) is 1.76. The Morgan fingerprint density at radius 2 is 2.06 bits per heavy atom. The molecule has 16 heavy (non-hydrogen) atoms. The number of aliphatic hydroxyl groups excluding tert-OH is 1. The van der Waals surface area contributed by atoms with Crippen LogP contribution in [0.4, 0.5) is 0 Å². The number of halogens is 2. The van der Waals surface area contributed by atoms with E-state index in [1.54, 1.807) is 26.2 Å². The molecule has 0 aliphatic heterocycles. The first-order chi connectivity index (χ1) is 7.54. The molecular weight excluding hydrogens is 249 g/mol. The lowest BCUT2D eigenvalue weighted by atomic mass is 10.2. The molecule has 0 unspecified atom stereocenters. The van der Waals surface area contributed by atoms with Crippen molar-refractivity contribution in [2.24, 2.45) is 0 Å². The van der Waals surface area contributed by atoms with E-state index in [-0.39, 0.29) is 6.10 Å². The summed E-state index contributed by atoms with van der Waals surface area (Å²) in [5.74, 6) is 0.561. The highest BCUT2D eigenvalue weighted by molar-refractivity contribution is 6.34. The Balaban J connectivity index is 2.70. The zero-order chi connectivity index (χ0) is 12.1. The molecule has 0 saturated carbocycles. The first kappa shape index (κ1) is 13.6. The monoisotopic (exact) mass is 263 g/mol. The van der Waals surface area contributed by atoms with Gasteiger partial charge < -0.3 is 15.2 Å². The van der Waals surface area contributed by atoms with Crippen molar-refractivity contribution >= 4 is 23.2 Å². The van der Waals surface area contributed by atoms with E-state index < -0.39 is 0 Å². The molecule has 0 heterocycles. The topological polar surface area (TPSA) is 41.5 Å². The second-order valence-corrected chi connectivity index (χ2v) is 4.37. The number of aliphatic hydroxyl groups is 1. The summed E-state index contributed by atoms with van der Waals surface area (Å²) in [5.41, 5.74) is 0.883. The van der Waals surface area contributed by atoms with Crippen molar-refractivity contribution in [2.45, 2.75) is 19.6 Å². The van der Waals surface area contributed by atoms with Crippen molar-refractivity contribution in [3.63, 3.8) is 0 Å². The number of ether oxygens (including phenoxy) is 1. The largest absolute Gasteiger partial charge is 0.495 e. The summed E-state index contributed by atoms with van der Waals surface area (Å²) in [6.07, 6.45) is -0.382. The van der Waals surface area contributed by atoms with Crippen molar-refractivity contribution < 1.29 is 9.84 Å². The van der Waals surface area contributed by atoms with Crippen LogP contribution in [0.15, 0.2) is 12.1 Å². The maximum Gasteiger partial charge on any atom is 0.138 e. The van der Waals surface area contributed by atoms with Crippen molar-refractivity contribution in [1.29, 1.82) is 0 Å². The minimum atomic E-state index is -0.382. The van der Waals surface area contributed by atoms with Gasteiger partial charge in [0.25, 0.3) is 0 Å². The molecule has 0 saturated heterocycles. The number of hydrogen-bond acceptors (Lipinski definition) is 3. The highest BCUT2D eigenvalue weighted by Gasteiger charge is 2.07. The molecule has 1 aromatic rings. The predicted octanol–water partition coefficient (Wildman–Crippen LogP) is 2.47. The summed E-state index contributed by atoms with van der Waals surface area (Å²) in [4.78, 5) is 0. The summed E-state index contributed by atoms with van der Waals surface area (Å²) in [5, 5.41) is 13.3. The van der Waals surface area contributed by atoms with Crippen LogP contribution >= 0.6 is 23.2 Å². The lowest BCUT2D eigenvalue weighted by Gasteiger charge is -2.10. The molecule has 0 radical (unpaired) electrons. The highest BCUT2D eigenvalue weighted by Crippen LogP contribution is 2.30. The number of nitrogens with one attached hydrogen (secondary N) is 1.